The van der Waals surface area contributed by atoms with Crippen LogP contribution in [0.5, 0.6) is 0 Å². The van der Waals surface area contributed by atoms with Crippen LogP contribution >= 0.6 is 11.3 Å². The number of fused-ring (bicyclic) bond motifs is 1. The molecule has 3 aromatic rings. The van der Waals surface area contributed by atoms with E-state index in [9.17, 15) is 4.79 Å². The Bertz CT molecular complexity index is 932. The molecule has 0 aliphatic rings. The van der Waals surface area contributed by atoms with E-state index in [1.807, 2.05) is 24.3 Å². The minimum atomic E-state index is -0.517. The number of aromatic nitrogens is 1. The van der Waals surface area contributed by atoms with Gasteiger partial charge >= 0.3 is 0 Å². The molecule has 1 heterocycles. The second kappa shape index (κ2) is 9.96. The summed E-state index contributed by atoms with van der Waals surface area (Å²) >= 11 is 1.80. The van der Waals surface area contributed by atoms with Crippen LogP contribution in [0.4, 0.5) is 5.69 Å². The summed E-state index contributed by atoms with van der Waals surface area (Å²) in [5.41, 5.74) is 8.70. The molecule has 0 saturated carbocycles. The number of nitrogens with zero attached hydrogens (tertiary/aromatic N) is 1. The van der Waals surface area contributed by atoms with Gasteiger partial charge in [-0.05, 0) is 36.8 Å². The average Bonchev–Trinajstić information content (AvgIpc) is 2.99. The number of amides is 1. The van der Waals surface area contributed by atoms with Gasteiger partial charge in [0.05, 0.1) is 6.04 Å². The van der Waals surface area contributed by atoms with Gasteiger partial charge in [0.1, 0.15) is 11.2 Å². The highest BCUT2D eigenvalue weighted by atomic mass is 127. The molecule has 2 aromatic carbocycles. The summed E-state index contributed by atoms with van der Waals surface area (Å²) in [6.07, 6.45) is 5.37. The number of nitrogens with one attached hydrogen (secondary N) is 1. The fourth-order valence-corrected chi connectivity index (χ4v) is 3.82. The molecule has 0 spiro atoms. The van der Waals surface area contributed by atoms with Gasteiger partial charge in [-0.15, -0.1) is 0 Å². The standard InChI is InChI=1S/C21H23N3OS.HI/c1-3-14-24-18-6-4-5-7-19(18)26-20(24)13-10-16-8-11-17(12-9-16)23-21(25)15(2)22;/h4-13,15H,3,14,22H2,1-2H3;1H/t15-;/m0./s1. The Balaban J connectivity index is 0.00000261. The van der Waals surface area contributed by atoms with Crippen molar-refractivity contribution < 1.29 is 33.3 Å². The number of hydrogen-bond donors (Lipinski definition) is 2. The van der Waals surface area contributed by atoms with Crippen LogP contribution in [0.25, 0.3) is 22.4 Å². The highest BCUT2D eigenvalue weighted by Gasteiger charge is 2.16. The maximum absolute atomic E-state index is 11.6. The number of halogens is 1. The molecule has 0 fully saturated rings. The first-order chi connectivity index (χ1) is 12.6. The van der Waals surface area contributed by atoms with E-state index in [4.69, 9.17) is 5.73 Å². The lowest BCUT2D eigenvalue weighted by atomic mass is 10.2. The van der Waals surface area contributed by atoms with Gasteiger partial charge in [0, 0.05) is 24.3 Å². The third-order valence-corrected chi connectivity index (χ3v) is 5.22. The van der Waals surface area contributed by atoms with Crippen molar-refractivity contribution in [2.75, 3.05) is 5.32 Å². The van der Waals surface area contributed by atoms with Crippen molar-refractivity contribution in [1.29, 1.82) is 0 Å². The Morgan fingerprint density at radius 2 is 1.89 bits per heavy atom. The Kier molecular flexibility index (Phi) is 7.94. The first-order valence-corrected chi connectivity index (χ1v) is 9.66. The molecule has 0 aliphatic heterocycles. The lowest BCUT2D eigenvalue weighted by Crippen LogP contribution is -3.00. The minimum absolute atomic E-state index is 0. The van der Waals surface area contributed by atoms with Gasteiger partial charge in [-0.25, -0.2) is 0 Å². The van der Waals surface area contributed by atoms with Gasteiger partial charge in [-0.3, -0.25) is 4.79 Å². The van der Waals surface area contributed by atoms with E-state index in [-0.39, 0.29) is 29.9 Å². The molecule has 0 unspecified atom stereocenters. The highest BCUT2D eigenvalue weighted by Crippen LogP contribution is 2.22. The average molecular weight is 493 g/mol. The SMILES string of the molecule is CCC[n+]1c(C=Cc2ccc(NC(=O)[C@H](C)N)cc2)sc2ccccc21.[I-]. The number of aryl methyl sites for hydroxylation is 1. The Morgan fingerprint density at radius 3 is 2.56 bits per heavy atom. The zero-order chi connectivity index (χ0) is 18.5. The summed E-state index contributed by atoms with van der Waals surface area (Å²) in [6.45, 7) is 4.87. The number of carbonyl (C=O) groups is 1. The topological polar surface area (TPSA) is 59.0 Å². The molecule has 3 rings (SSSR count). The van der Waals surface area contributed by atoms with Gasteiger partial charge < -0.3 is 35.0 Å². The number of carbonyl (C=O) groups excluding carboxylic acids is 1. The second-order valence-electron chi connectivity index (χ2n) is 6.29. The molecule has 27 heavy (non-hydrogen) atoms. The van der Waals surface area contributed by atoms with Crippen molar-refractivity contribution >= 4 is 45.3 Å². The van der Waals surface area contributed by atoms with Gasteiger partial charge in [0.2, 0.25) is 11.4 Å². The monoisotopic (exact) mass is 493 g/mol. The molecule has 142 valence electrons. The predicted molar refractivity (Wildman–Crippen MR) is 110 cm³/mol. The Morgan fingerprint density at radius 1 is 1.19 bits per heavy atom. The van der Waals surface area contributed by atoms with Crippen LogP contribution in [0.15, 0.2) is 48.5 Å². The van der Waals surface area contributed by atoms with E-state index < -0.39 is 6.04 Å². The first-order valence-electron chi connectivity index (χ1n) is 8.84. The summed E-state index contributed by atoms with van der Waals surface area (Å²) in [6, 6.07) is 15.8. The van der Waals surface area contributed by atoms with Gasteiger partial charge in [-0.2, -0.15) is 4.57 Å². The number of para-hydroxylation sites is 1. The fraction of sp³-hybridized carbons (Fsp3) is 0.238. The summed E-state index contributed by atoms with van der Waals surface area (Å²) in [5.74, 6) is -0.181. The van der Waals surface area contributed by atoms with E-state index in [1.54, 1.807) is 18.3 Å². The molecular formula is C21H24IN3OS. The lowest BCUT2D eigenvalue weighted by molar-refractivity contribution is -0.668. The number of anilines is 1. The van der Waals surface area contributed by atoms with Crippen molar-refractivity contribution in [2.45, 2.75) is 32.9 Å². The summed E-state index contributed by atoms with van der Waals surface area (Å²) in [4.78, 5) is 11.6. The maximum atomic E-state index is 11.6. The van der Waals surface area contributed by atoms with Crippen molar-refractivity contribution in [1.82, 2.24) is 0 Å². The predicted octanol–water partition coefficient (Wildman–Crippen LogP) is 1.06. The molecule has 4 nitrogen and oxygen atoms in total. The third-order valence-electron chi connectivity index (χ3n) is 4.09. The molecule has 0 aliphatic carbocycles. The molecule has 6 heteroatoms. The third kappa shape index (κ3) is 5.37. The van der Waals surface area contributed by atoms with Crippen LogP contribution in [-0.4, -0.2) is 11.9 Å². The van der Waals surface area contributed by atoms with E-state index >= 15 is 0 Å². The first kappa shape index (κ1) is 21.5. The highest BCUT2D eigenvalue weighted by molar-refractivity contribution is 7.18. The van der Waals surface area contributed by atoms with Crippen molar-refractivity contribution in [3.8, 4) is 0 Å². The number of hydrogen-bond acceptors (Lipinski definition) is 3. The zero-order valence-electron chi connectivity index (χ0n) is 15.5. The molecule has 3 N–H and O–H groups in total. The van der Waals surface area contributed by atoms with E-state index in [1.165, 1.54) is 15.2 Å². The number of thiazole rings is 1. The van der Waals surface area contributed by atoms with Crippen LogP contribution in [0.3, 0.4) is 0 Å². The smallest absolute Gasteiger partial charge is 0.262 e. The maximum Gasteiger partial charge on any atom is 0.262 e. The Hall–Kier alpha value is -1.77. The van der Waals surface area contributed by atoms with Crippen molar-refractivity contribution in [3.63, 3.8) is 0 Å². The van der Waals surface area contributed by atoms with Gasteiger partial charge in [-0.1, -0.05) is 42.5 Å². The van der Waals surface area contributed by atoms with Crippen LogP contribution in [-0.2, 0) is 11.3 Å². The molecule has 0 saturated heterocycles. The van der Waals surface area contributed by atoms with Crippen LogP contribution in [0.1, 0.15) is 30.8 Å². The van der Waals surface area contributed by atoms with E-state index in [0.717, 1.165) is 24.2 Å². The summed E-state index contributed by atoms with van der Waals surface area (Å²) < 4.78 is 3.67. The van der Waals surface area contributed by atoms with Crippen molar-refractivity contribution in [3.05, 3.63) is 59.1 Å². The minimum Gasteiger partial charge on any atom is -1.00 e. The molecule has 0 radical (unpaired) electrons. The molecular weight excluding hydrogens is 469 g/mol. The van der Waals surface area contributed by atoms with E-state index in [0.29, 0.717) is 0 Å². The van der Waals surface area contributed by atoms with Gasteiger partial charge in [0.15, 0.2) is 0 Å². The number of rotatable bonds is 6. The van der Waals surface area contributed by atoms with Crippen LogP contribution in [0, 0.1) is 0 Å². The number of benzene rings is 2. The number of nitrogens with two attached hydrogens (primary N) is 1. The molecule has 0 bridgehead atoms. The normalized spacial score (nSPS) is 12.1. The summed E-state index contributed by atoms with van der Waals surface area (Å²) in [5, 5.41) is 4.03. The largest absolute Gasteiger partial charge is 1.00 e. The quantitative estimate of drug-likeness (QED) is 0.399. The molecule has 1 aromatic heterocycles. The van der Waals surface area contributed by atoms with Gasteiger partial charge in [0.25, 0.3) is 5.01 Å². The summed E-state index contributed by atoms with van der Waals surface area (Å²) in [7, 11) is 0. The Labute approximate surface area is 181 Å². The second-order valence-corrected chi connectivity index (χ2v) is 7.36. The fourth-order valence-electron chi connectivity index (χ4n) is 2.73. The lowest BCUT2D eigenvalue weighted by Gasteiger charge is -2.07. The van der Waals surface area contributed by atoms with Crippen LogP contribution in [0.2, 0.25) is 0 Å². The van der Waals surface area contributed by atoms with Crippen molar-refractivity contribution in [2.24, 2.45) is 5.73 Å². The molecule has 1 atom stereocenters. The zero-order valence-corrected chi connectivity index (χ0v) is 18.5. The van der Waals surface area contributed by atoms with Crippen LogP contribution < -0.4 is 39.6 Å². The molecule has 1 amide bonds. The van der Waals surface area contributed by atoms with E-state index in [2.05, 4.69) is 53.2 Å².